The number of alkyl halides is 1. The Balaban J connectivity index is 2.08. The summed E-state index contributed by atoms with van der Waals surface area (Å²) in [6.45, 7) is 0.821. The van der Waals surface area contributed by atoms with Gasteiger partial charge in [-0.05, 0) is 45.5 Å². The lowest BCUT2D eigenvalue weighted by atomic mass is 9.75. The highest BCUT2D eigenvalue weighted by atomic mass is 35.5. The summed E-state index contributed by atoms with van der Waals surface area (Å²) in [6, 6.07) is 5.10. The van der Waals surface area contributed by atoms with E-state index in [2.05, 4.69) is 28.5 Å². The van der Waals surface area contributed by atoms with Crippen molar-refractivity contribution in [2.75, 3.05) is 14.1 Å². The number of rotatable bonds is 4. The number of benzene rings is 1. The van der Waals surface area contributed by atoms with Crippen LogP contribution in [0.25, 0.3) is 11.0 Å². The number of hydrogen-bond acceptors (Lipinski definition) is 2. The predicted molar refractivity (Wildman–Crippen MR) is 79.5 cm³/mol. The maximum Gasteiger partial charge on any atom is 0.151 e. The van der Waals surface area contributed by atoms with Gasteiger partial charge in [-0.2, -0.15) is 0 Å². The molecule has 1 aromatic heterocycles. The van der Waals surface area contributed by atoms with Crippen LogP contribution in [-0.4, -0.2) is 34.1 Å². The molecule has 0 bridgehead atoms. The van der Waals surface area contributed by atoms with Crippen LogP contribution in [0.5, 0.6) is 0 Å². The van der Waals surface area contributed by atoms with Gasteiger partial charge < -0.3 is 9.47 Å². The molecule has 1 aliphatic carbocycles. The molecular weight excluding hydrogens is 277 g/mol. The molecule has 0 aliphatic heterocycles. The quantitative estimate of drug-likeness (QED) is 0.806. The van der Waals surface area contributed by atoms with Gasteiger partial charge in [-0.3, -0.25) is 0 Å². The van der Waals surface area contributed by atoms with Crippen molar-refractivity contribution in [1.29, 1.82) is 0 Å². The molecule has 3 rings (SSSR count). The first-order valence-corrected chi connectivity index (χ1v) is 7.48. The van der Waals surface area contributed by atoms with Crippen molar-refractivity contribution < 1.29 is 4.39 Å². The zero-order chi connectivity index (χ0) is 14.3. The largest absolute Gasteiger partial charge is 0.325 e. The van der Waals surface area contributed by atoms with Crippen LogP contribution in [0, 0.1) is 5.82 Å². The van der Waals surface area contributed by atoms with Crippen molar-refractivity contribution in [2.45, 2.75) is 37.2 Å². The molecule has 20 heavy (non-hydrogen) atoms. The van der Waals surface area contributed by atoms with E-state index in [1.807, 2.05) is 6.07 Å². The first kappa shape index (κ1) is 13.8. The van der Waals surface area contributed by atoms with E-state index >= 15 is 0 Å². The molecule has 108 valence electrons. The fraction of sp³-hybridized carbons (Fsp3) is 0.533. The van der Waals surface area contributed by atoms with E-state index in [-0.39, 0.29) is 11.4 Å². The van der Waals surface area contributed by atoms with Crippen molar-refractivity contribution >= 4 is 22.6 Å². The molecule has 0 amide bonds. The second-order valence-electron chi connectivity index (χ2n) is 5.83. The minimum Gasteiger partial charge on any atom is -0.325 e. The smallest absolute Gasteiger partial charge is 0.151 e. The van der Waals surface area contributed by atoms with Crippen LogP contribution >= 0.6 is 11.6 Å². The van der Waals surface area contributed by atoms with Crippen LogP contribution < -0.4 is 0 Å². The van der Waals surface area contributed by atoms with Gasteiger partial charge in [0.25, 0.3) is 0 Å². The zero-order valence-electron chi connectivity index (χ0n) is 11.9. The Kier molecular flexibility index (Phi) is 3.46. The Hall–Kier alpha value is -1.13. The van der Waals surface area contributed by atoms with Crippen LogP contribution in [0.4, 0.5) is 4.39 Å². The van der Waals surface area contributed by atoms with Crippen LogP contribution in [-0.2, 0) is 12.4 Å². The van der Waals surface area contributed by atoms with E-state index < -0.39 is 0 Å². The summed E-state index contributed by atoms with van der Waals surface area (Å²) in [5, 5.41) is 0. The van der Waals surface area contributed by atoms with E-state index in [1.165, 1.54) is 12.5 Å². The van der Waals surface area contributed by atoms with Crippen molar-refractivity contribution in [1.82, 2.24) is 14.5 Å². The van der Waals surface area contributed by atoms with Crippen LogP contribution in [0.1, 0.15) is 25.1 Å². The Morgan fingerprint density at radius 2 is 2.15 bits per heavy atom. The van der Waals surface area contributed by atoms with Gasteiger partial charge >= 0.3 is 0 Å². The van der Waals surface area contributed by atoms with Gasteiger partial charge in [0.2, 0.25) is 0 Å². The molecule has 1 aliphatic rings. The number of halogens is 2. The molecule has 3 nitrogen and oxygen atoms in total. The van der Waals surface area contributed by atoms with Gasteiger partial charge in [0.15, 0.2) is 5.82 Å². The number of likely N-dealkylation sites (N-methyl/N-ethyl adjacent to an activating group) is 1. The number of nitrogens with zero attached hydrogens (tertiary/aromatic N) is 3. The van der Waals surface area contributed by atoms with Crippen molar-refractivity contribution in [3.8, 4) is 0 Å². The lowest BCUT2D eigenvalue weighted by Crippen LogP contribution is -2.53. The third-order valence-corrected chi connectivity index (χ3v) is 4.85. The summed E-state index contributed by atoms with van der Waals surface area (Å²) in [7, 11) is 4.22. The first-order valence-electron chi connectivity index (χ1n) is 6.94. The van der Waals surface area contributed by atoms with Crippen LogP contribution in [0.3, 0.4) is 0 Å². The molecule has 1 aromatic carbocycles. The van der Waals surface area contributed by atoms with Gasteiger partial charge in [0.1, 0.15) is 11.3 Å². The summed E-state index contributed by atoms with van der Waals surface area (Å²) in [4.78, 5) is 6.65. The van der Waals surface area contributed by atoms with Crippen LogP contribution in [0.15, 0.2) is 18.2 Å². The fourth-order valence-corrected chi connectivity index (χ4v) is 3.27. The Morgan fingerprint density at radius 3 is 2.70 bits per heavy atom. The summed E-state index contributed by atoms with van der Waals surface area (Å²) < 4.78 is 16.0. The highest BCUT2D eigenvalue weighted by Crippen LogP contribution is 2.38. The number of imidazole rings is 1. The molecule has 1 heterocycles. The number of fused-ring (bicyclic) bond motifs is 1. The van der Waals surface area contributed by atoms with E-state index in [4.69, 9.17) is 11.6 Å². The molecule has 0 spiro atoms. The highest BCUT2D eigenvalue weighted by molar-refractivity contribution is 6.16. The minimum absolute atomic E-state index is 0.154. The number of hydrogen-bond donors (Lipinski definition) is 0. The first-order chi connectivity index (χ1) is 9.57. The van der Waals surface area contributed by atoms with E-state index in [9.17, 15) is 4.39 Å². The molecule has 5 heteroatoms. The van der Waals surface area contributed by atoms with Crippen molar-refractivity contribution in [2.24, 2.45) is 0 Å². The van der Waals surface area contributed by atoms with Gasteiger partial charge in [-0.25, -0.2) is 9.37 Å². The van der Waals surface area contributed by atoms with E-state index in [0.29, 0.717) is 11.4 Å². The van der Waals surface area contributed by atoms with Crippen LogP contribution in [0.2, 0.25) is 0 Å². The second-order valence-corrected chi connectivity index (χ2v) is 6.09. The molecule has 0 unspecified atom stereocenters. The summed E-state index contributed by atoms with van der Waals surface area (Å²) in [6.07, 6.45) is 3.57. The lowest BCUT2D eigenvalue weighted by Gasteiger charge is -2.47. The molecular formula is C15H19ClFN3. The second kappa shape index (κ2) is 5.01. The minimum atomic E-state index is -0.278. The van der Waals surface area contributed by atoms with Gasteiger partial charge in [0, 0.05) is 12.1 Å². The van der Waals surface area contributed by atoms with Crippen molar-refractivity contribution in [3.05, 3.63) is 29.8 Å². The van der Waals surface area contributed by atoms with E-state index in [0.717, 1.165) is 30.7 Å². The maximum absolute atomic E-state index is 13.9. The third-order valence-electron chi connectivity index (χ3n) is 4.61. The number of aromatic nitrogens is 2. The standard InChI is InChI=1S/C15H19ClFN3/c1-19(2)15(7-4-8-15)10-20-12-6-3-5-11(17)14(12)18-13(20)9-16/h3,5-6H,4,7-10H2,1-2H3. The van der Waals surface area contributed by atoms with Gasteiger partial charge in [0.05, 0.1) is 11.4 Å². The predicted octanol–water partition coefficient (Wildman–Crippen LogP) is 3.40. The molecule has 0 N–H and O–H groups in total. The summed E-state index contributed by atoms with van der Waals surface area (Å²) in [5.41, 5.74) is 1.42. The molecule has 2 aromatic rings. The molecule has 0 saturated heterocycles. The summed E-state index contributed by atoms with van der Waals surface area (Å²) in [5.74, 6) is 0.775. The normalized spacial score (nSPS) is 17.6. The number of para-hydroxylation sites is 1. The molecule has 1 saturated carbocycles. The topological polar surface area (TPSA) is 21.1 Å². The van der Waals surface area contributed by atoms with Gasteiger partial charge in [-0.15, -0.1) is 11.6 Å². The maximum atomic E-state index is 13.9. The van der Waals surface area contributed by atoms with Crippen molar-refractivity contribution in [3.63, 3.8) is 0 Å². The average Bonchev–Trinajstić information content (AvgIpc) is 2.72. The average molecular weight is 296 g/mol. The Bertz CT molecular complexity index is 631. The molecule has 0 atom stereocenters. The highest BCUT2D eigenvalue weighted by Gasteiger charge is 2.40. The Morgan fingerprint density at radius 1 is 1.40 bits per heavy atom. The third kappa shape index (κ3) is 2.02. The Labute approximate surface area is 123 Å². The lowest BCUT2D eigenvalue weighted by molar-refractivity contribution is 0.0429. The fourth-order valence-electron chi connectivity index (χ4n) is 3.07. The van der Waals surface area contributed by atoms with Gasteiger partial charge in [-0.1, -0.05) is 6.07 Å². The summed E-state index contributed by atoms with van der Waals surface area (Å²) >= 11 is 6.01. The monoisotopic (exact) mass is 295 g/mol. The van der Waals surface area contributed by atoms with E-state index in [1.54, 1.807) is 6.07 Å². The molecule has 1 fully saturated rings. The molecule has 0 radical (unpaired) electrons. The SMILES string of the molecule is CN(C)C1(Cn2c(CCl)nc3c(F)cccc32)CCC1. The zero-order valence-corrected chi connectivity index (χ0v) is 12.6.